The van der Waals surface area contributed by atoms with Gasteiger partial charge in [-0.3, -0.25) is 9.69 Å². The molecule has 1 amide bonds. The molecule has 0 spiro atoms. The Hall–Kier alpha value is -0.570. The molecule has 2 aliphatic rings. The molecule has 115 valence electrons. The number of rotatable bonds is 3. The van der Waals surface area contributed by atoms with Gasteiger partial charge in [-0.25, -0.2) is 0 Å². The summed E-state index contributed by atoms with van der Waals surface area (Å²) in [5.74, 6) is 0.403. The summed E-state index contributed by atoms with van der Waals surface area (Å²) in [7, 11) is 0. The molecule has 2 N–H and O–H groups in total. The quantitative estimate of drug-likeness (QED) is 0.859. The van der Waals surface area contributed by atoms with E-state index in [0.717, 1.165) is 25.9 Å². The van der Waals surface area contributed by atoms with Crippen LogP contribution in [0.3, 0.4) is 0 Å². The molecule has 0 aromatic rings. The SMILES string of the molecule is NC(=O)CC1CCN([C]2CCCCCCC2)CC1.[CH2].[CH2]. The minimum Gasteiger partial charge on any atom is -0.370 e. The number of nitrogens with two attached hydrogens (primary N) is 1. The summed E-state index contributed by atoms with van der Waals surface area (Å²) in [5.41, 5.74) is 5.28. The zero-order valence-electron chi connectivity index (χ0n) is 12.9. The average molecular weight is 279 g/mol. The van der Waals surface area contributed by atoms with Crippen LogP contribution in [0.15, 0.2) is 0 Å². The summed E-state index contributed by atoms with van der Waals surface area (Å²) in [6.07, 6.45) is 12.5. The molecule has 1 saturated carbocycles. The summed E-state index contributed by atoms with van der Waals surface area (Å²) in [6, 6.07) is 1.69. The second kappa shape index (κ2) is 10.2. The summed E-state index contributed by atoms with van der Waals surface area (Å²) >= 11 is 0. The third-order valence-corrected chi connectivity index (χ3v) is 4.48. The van der Waals surface area contributed by atoms with E-state index in [0.29, 0.717) is 12.3 Å². The molecule has 3 nitrogen and oxygen atoms in total. The molecular weight excluding hydrogens is 248 g/mol. The number of hydrogen-bond donors (Lipinski definition) is 1. The van der Waals surface area contributed by atoms with Gasteiger partial charge in [-0.1, -0.05) is 47.0 Å². The molecule has 0 bridgehead atoms. The van der Waals surface area contributed by atoms with Crippen molar-refractivity contribution in [2.45, 2.75) is 64.2 Å². The van der Waals surface area contributed by atoms with Gasteiger partial charge in [0.05, 0.1) is 0 Å². The Balaban J connectivity index is 0.00000180. The van der Waals surface area contributed by atoms with Gasteiger partial charge in [0, 0.05) is 12.5 Å². The summed E-state index contributed by atoms with van der Waals surface area (Å²) < 4.78 is 0. The van der Waals surface area contributed by atoms with Gasteiger partial charge in [-0.2, -0.15) is 0 Å². The highest BCUT2D eigenvalue weighted by atomic mass is 16.1. The van der Waals surface area contributed by atoms with Crippen LogP contribution in [-0.4, -0.2) is 23.9 Å². The van der Waals surface area contributed by atoms with E-state index >= 15 is 0 Å². The number of amides is 1. The summed E-state index contributed by atoms with van der Waals surface area (Å²) in [5, 5.41) is 0. The van der Waals surface area contributed by atoms with Crippen molar-refractivity contribution in [3.8, 4) is 0 Å². The topological polar surface area (TPSA) is 46.3 Å². The molecule has 1 heterocycles. The van der Waals surface area contributed by atoms with Crippen molar-refractivity contribution in [2.75, 3.05) is 13.1 Å². The number of piperidine rings is 1. The molecular formula is C17H31N2O. The first-order chi connectivity index (χ1) is 8.75. The fourth-order valence-electron chi connectivity index (χ4n) is 3.37. The van der Waals surface area contributed by atoms with E-state index in [1.165, 1.54) is 44.9 Å². The maximum absolute atomic E-state index is 10.9. The normalized spacial score (nSPS) is 23.0. The fourth-order valence-corrected chi connectivity index (χ4v) is 3.37. The van der Waals surface area contributed by atoms with Crippen LogP contribution in [0.2, 0.25) is 0 Å². The van der Waals surface area contributed by atoms with Crippen LogP contribution in [0.1, 0.15) is 64.2 Å². The van der Waals surface area contributed by atoms with Crippen LogP contribution in [0, 0.1) is 26.8 Å². The van der Waals surface area contributed by atoms with Gasteiger partial charge in [0.25, 0.3) is 0 Å². The molecule has 2 fully saturated rings. The van der Waals surface area contributed by atoms with E-state index in [1.54, 1.807) is 6.04 Å². The second-order valence-electron chi connectivity index (χ2n) is 5.93. The fraction of sp³-hybridized carbons (Fsp3) is 0.765. The average Bonchev–Trinajstić information content (AvgIpc) is 2.29. The smallest absolute Gasteiger partial charge is 0.217 e. The van der Waals surface area contributed by atoms with Crippen molar-refractivity contribution in [3.63, 3.8) is 0 Å². The molecule has 2 rings (SSSR count). The highest BCUT2D eigenvalue weighted by molar-refractivity contribution is 5.73. The Kier molecular flexibility index (Phi) is 9.91. The van der Waals surface area contributed by atoms with Gasteiger partial charge >= 0.3 is 0 Å². The molecule has 20 heavy (non-hydrogen) atoms. The van der Waals surface area contributed by atoms with Crippen molar-refractivity contribution in [2.24, 2.45) is 11.7 Å². The first-order valence-corrected chi connectivity index (χ1v) is 7.63. The molecule has 1 aliphatic carbocycles. The maximum atomic E-state index is 10.9. The van der Waals surface area contributed by atoms with E-state index in [1.807, 2.05) is 0 Å². The van der Waals surface area contributed by atoms with Gasteiger partial charge in [-0.05, 0) is 44.7 Å². The lowest BCUT2D eigenvalue weighted by Gasteiger charge is -2.37. The van der Waals surface area contributed by atoms with Crippen LogP contribution in [0.25, 0.3) is 0 Å². The van der Waals surface area contributed by atoms with Crippen LogP contribution >= 0.6 is 0 Å². The minimum atomic E-state index is -0.132. The number of likely N-dealkylation sites (tertiary alicyclic amines) is 1. The lowest BCUT2D eigenvalue weighted by atomic mass is 9.89. The number of carbonyl (C=O) groups excluding carboxylic acids is 1. The number of nitrogens with zero attached hydrogens (tertiary/aromatic N) is 1. The molecule has 0 aromatic heterocycles. The Morgan fingerprint density at radius 1 is 1.00 bits per heavy atom. The van der Waals surface area contributed by atoms with E-state index < -0.39 is 0 Å². The van der Waals surface area contributed by atoms with Gasteiger partial charge in [0.1, 0.15) is 0 Å². The third kappa shape index (κ3) is 6.25. The molecule has 1 saturated heterocycles. The van der Waals surface area contributed by atoms with Crippen LogP contribution < -0.4 is 5.73 Å². The number of carbonyl (C=O) groups is 1. The predicted octanol–water partition coefficient (Wildman–Crippen LogP) is 3.50. The molecule has 0 unspecified atom stereocenters. The van der Waals surface area contributed by atoms with E-state index in [4.69, 9.17) is 5.73 Å². The van der Waals surface area contributed by atoms with Crippen LogP contribution in [-0.2, 0) is 4.79 Å². The highest BCUT2D eigenvalue weighted by Crippen LogP contribution is 2.31. The Morgan fingerprint density at radius 3 is 2.00 bits per heavy atom. The van der Waals surface area contributed by atoms with Crippen molar-refractivity contribution < 1.29 is 4.79 Å². The van der Waals surface area contributed by atoms with Gasteiger partial charge in [0.2, 0.25) is 5.91 Å². The molecule has 1 aliphatic heterocycles. The highest BCUT2D eigenvalue weighted by Gasteiger charge is 2.26. The van der Waals surface area contributed by atoms with E-state index in [9.17, 15) is 4.79 Å². The summed E-state index contributed by atoms with van der Waals surface area (Å²) in [4.78, 5) is 13.5. The predicted molar refractivity (Wildman–Crippen MR) is 84.4 cm³/mol. The van der Waals surface area contributed by atoms with Crippen molar-refractivity contribution in [3.05, 3.63) is 20.9 Å². The van der Waals surface area contributed by atoms with Gasteiger partial charge in [0.15, 0.2) is 0 Å². The van der Waals surface area contributed by atoms with Gasteiger partial charge in [-0.15, -0.1) is 0 Å². The Labute approximate surface area is 126 Å². The van der Waals surface area contributed by atoms with Crippen molar-refractivity contribution >= 4 is 5.91 Å². The maximum Gasteiger partial charge on any atom is 0.217 e. The largest absolute Gasteiger partial charge is 0.370 e. The second-order valence-corrected chi connectivity index (χ2v) is 5.93. The standard InChI is InChI=1S/C15H27N2O.2CH2/c16-15(18)12-13-8-10-17(11-9-13)14-6-4-2-1-3-5-7-14;;/h13H,1-12H2,(H2,16,18);2*1H2. The van der Waals surface area contributed by atoms with E-state index in [-0.39, 0.29) is 20.8 Å². The first-order valence-electron chi connectivity index (χ1n) is 7.63. The minimum absolute atomic E-state index is 0. The Morgan fingerprint density at radius 2 is 1.50 bits per heavy atom. The third-order valence-electron chi connectivity index (χ3n) is 4.48. The van der Waals surface area contributed by atoms with Crippen molar-refractivity contribution in [1.82, 2.24) is 4.90 Å². The first kappa shape index (κ1) is 19.4. The zero-order chi connectivity index (χ0) is 12.8. The van der Waals surface area contributed by atoms with Crippen molar-refractivity contribution in [1.29, 1.82) is 0 Å². The molecule has 0 aromatic carbocycles. The monoisotopic (exact) mass is 279 g/mol. The molecule has 5 radical (unpaired) electrons. The molecule has 3 heteroatoms. The lowest BCUT2D eigenvalue weighted by molar-refractivity contribution is -0.119. The summed E-state index contributed by atoms with van der Waals surface area (Å²) in [6.45, 7) is 2.29. The molecule has 0 atom stereocenters. The van der Waals surface area contributed by atoms with Crippen LogP contribution in [0.4, 0.5) is 0 Å². The lowest BCUT2D eigenvalue weighted by Crippen LogP contribution is -2.38. The zero-order valence-corrected chi connectivity index (χ0v) is 12.9. The van der Waals surface area contributed by atoms with E-state index in [2.05, 4.69) is 4.90 Å². The van der Waals surface area contributed by atoms with Gasteiger partial charge < -0.3 is 5.73 Å². The number of primary amides is 1. The number of hydrogen-bond acceptors (Lipinski definition) is 2. The van der Waals surface area contributed by atoms with Crippen LogP contribution in [0.5, 0.6) is 0 Å². The Bertz CT molecular complexity index is 252.